The molecule has 5 rings (SSSR count). The minimum atomic E-state index is 0.526. The van der Waals surface area contributed by atoms with E-state index < -0.39 is 0 Å². The fraction of sp³-hybridized carbons (Fsp3) is 0.238. The Labute approximate surface area is 173 Å². The lowest BCUT2D eigenvalue weighted by Crippen LogP contribution is -2.36. The summed E-state index contributed by atoms with van der Waals surface area (Å²) in [7, 11) is 1.98. The second kappa shape index (κ2) is 7.96. The van der Waals surface area contributed by atoms with E-state index in [1.165, 1.54) is 0 Å². The smallest absolute Gasteiger partial charge is 0.229 e. The van der Waals surface area contributed by atoms with Crippen LogP contribution in [0.5, 0.6) is 0 Å². The fourth-order valence-corrected chi connectivity index (χ4v) is 3.56. The second-order valence-electron chi connectivity index (χ2n) is 7.03. The number of morpholine rings is 1. The van der Waals surface area contributed by atoms with Crippen LogP contribution in [0, 0.1) is 0 Å². The van der Waals surface area contributed by atoms with E-state index in [0.29, 0.717) is 5.95 Å². The molecule has 0 aliphatic carbocycles. The molecule has 2 N–H and O–H groups in total. The average molecular weight is 402 g/mol. The maximum atomic E-state index is 5.43. The molecule has 0 radical (unpaired) electrons. The van der Waals surface area contributed by atoms with Gasteiger partial charge in [0, 0.05) is 49.7 Å². The maximum absolute atomic E-state index is 5.43. The van der Waals surface area contributed by atoms with Crippen LogP contribution in [0.3, 0.4) is 0 Å². The predicted octanol–water partition coefficient (Wildman–Crippen LogP) is 3.10. The van der Waals surface area contributed by atoms with Gasteiger partial charge in [0.2, 0.25) is 5.95 Å². The van der Waals surface area contributed by atoms with Gasteiger partial charge in [0.25, 0.3) is 0 Å². The summed E-state index contributed by atoms with van der Waals surface area (Å²) in [4.78, 5) is 17.8. The van der Waals surface area contributed by atoms with Crippen molar-refractivity contribution < 1.29 is 4.74 Å². The van der Waals surface area contributed by atoms with Crippen LogP contribution < -0.4 is 15.1 Å². The van der Waals surface area contributed by atoms with Gasteiger partial charge in [-0.2, -0.15) is 10.1 Å². The average Bonchev–Trinajstić information content (AvgIpc) is 3.29. The molecule has 1 aromatic carbocycles. The van der Waals surface area contributed by atoms with Gasteiger partial charge < -0.3 is 19.9 Å². The summed E-state index contributed by atoms with van der Waals surface area (Å²) in [5.74, 6) is 2.23. The Morgan fingerprint density at radius 1 is 1.10 bits per heavy atom. The molecule has 152 valence electrons. The van der Waals surface area contributed by atoms with Crippen molar-refractivity contribution in [3.8, 4) is 0 Å². The molecule has 1 saturated heterocycles. The Balaban J connectivity index is 1.38. The molecule has 0 saturated carbocycles. The summed E-state index contributed by atoms with van der Waals surface area (Å²) < 4.78 is 5.43. The highest BCUT2D eigenvalue weighted by molar-refractivity contribution is 5.93. The Morgan fingerprint density at radius 3 is 2.87 bits per heavy atom. The first-order valence-electron chi connectivity index (χ1n) is 9.82. The van der Waals surface area contributed by atoms with Crippen molar-refractivity contribution in [1.82, 2.24) is 25.1 Å². The van der Waals surface area contributed by atoms with Crippen LogP contribution in [-0.2, 0) is 4.74 Å². The molecule has 0 atom stereocenters. The van der Waals surface area contributed by atoms with E-state index in [2.05, 4.69) is 30.4 Å². The molecule has 30 heavy (non-hydrogen) atoms. The van der Waals surface area contributed by atoms with E-state index in [-0.39, 0.29) is 0 Å². The quantitative estimate of drug-likeness (QED) is 0.526. The molecule has 0 spiro atoms. The van der Waals surface area contributed by atoms with E-state index in [9.17, 15) is 0 Å². The summed E-state index contributed by atoms with van der Waals surface area (Å²) in [5, 5.41) is 11.5. The molecule has 3 aromatic heterocycles. The third-order valence-electron chi connectivity index (χ3n) is 5.14. The topological polar surface area (TPSA) is 95.1 Å². The number of nitrogens with one attached hydrogen (secondary N) is 2. The highest BCUT2D eigenvalue weighted by Crippen LogP contribution is 2.29. The number of aromatic amines is 1. The summed E-state index contributed by atoms with van der Waals surface area (Å²) in [6, 6.07) is 11.9. The van der Waals surface area contributed by atoms with E-state index in [1.807, 2.05) is 54.5 Å². The summed E-state index contributed by atoms with van der Waals surface area (Å²) in [5.41, 5.74) is 2.90. The maximum Gasteiger partial charge on any atom is 0.229 e. The van der Waals surface area contributed by atoms with Gasteiger partial charge in [0.15, 0.2) is 0 Å². The lowest BCUT2D eigenvalue weighted by Gasteiger charge is -2.28. The zero-order chi connectivity index (χ0) is 20.3. The number of hydrogen-bond acceptors (Lipinski definition) is 8. The predicted molar refractivity (Wildman–Crippen MR) is 117 cm³/mol. The molecule has 9 heteroatoms. The minimum absolute atomic E-state index is 0.526. The van der Waals surface area contributed by atoms with Crippen LogP contribution in [-0.4, -0.2) is 58.5 Å². The molecule has 4 heterocycles. The monoisotopic (exact) mass is 402 g/mol. The first kappa shape index (κ1) is 18.3. The molecular weight excluding hydrogens is 380 g/mol. The Hall–Kier alpha value is -3.72. The molecule has 0 bridgehead atoms. The zero-order valence-electron chi connectivity index (χ0n) is 16.6. The number of anilines is 5. The van der Waals surface area contributed by atoms with Crippen LogP contribution in [0.25, 0.3) is 10.9 Å². The second-order valence-corrected chi connectivity index (χ2v) is 7.03. The number of pyridine rings is 1. The van der Waals surface area contributed by atoms with Crippen LogP contribution in [0.4, 0.5) is 29.0 Å². The highest BCUT2D eigenvalue weighted by Gasteiger charge is 2.14. The zero-order valence-corrected chi connectivity index (χ0v) is 16.6. The van der Waals surface area contributed by atoms with Crippen molar-refractivity contribution in [2.45, 2.75) is 0 Å². The summed E-state index contributed by atoms with van der Waals surface area (Å²) in [6.07, 6.45) is 5.37. The van der Waals surface area contributed by atoms with Crippen molar-refractivity contribution in [2.75, 3.05) is 48.5 Å². The standard InChI is InChI=1S/C21H22N8O/c1-28(18-4-2-3-17-16(18)14-24-27-17)19-6-8-23-21(26-19)25-15-5-7-22-20(13-15)29-9-11-30-12-10-29/h2-8,13-14H,9-12H2,1H3,(H,24,27)(H,22,23,25,26). The van der Waals surface area contributed by atoms with Gasteiger partial charge >= 0.3 is 0 Å². The third kappa shape index (κ3) is 3.62. The van der Waals surface area contributed by atoms with E-state index >= 15 is 0 Å². The van der Waals surface area contributed by atoms with Gasteiger partial charge in [-0.3, -0.25) is 5.10 Å². The van der Waals surface area contributed by atoms with Crippen molar-refractivity contribution >= 4 is 39.9 Å². The third-order valence-corrected chi connectivity index (χ3v) is 5.14. The van der Waals surface area contributed by atoms with E-state index in [1.54, 1.807) is 12.4 Å². The number of aromatic nitrogens is 5. The Bertz CT molecular complexity index is 1150. The van der Waals surface area contributed by atoms with E-state index in [0.717, 1.165) is 60.2 Å². The molecule has 1 aliphatic heterocycles. The van der Waals surface area contributed by atoms with Crippen LogP contribution in [0.2, 0.25) is 0 Å². The van der Waals surface area contributed by atoms with Gasteiger partial charge in [-0.05, 0) is 24.3 Å². The van der Waals surface area contributed by atoms with Gasteiger partial charge in [0.1, 0.15) is 11.6 Å². The van der Waals surface area contributed by atoms with Crippen LogP contribution >= 0.6 is 0 Å². The summed E-state index contributed by atoms with van der Waals surface area (Å²) in [6.45, 7) is 3.13. The van der Waals surface area contributed by atoms with Gasteiger partial charge in [-0.1, -0.05) is 6.07 Å². The Morgan fingerprint density at radius 2 is 1.97 bits per heavy atom. The first-order chi connectivity index (χ1) is 14.8. The number of nitrogens with zero attached hydrogens (tertiary/aromatic N) is 6. The molecule has 1 aliphatic rings. The SMILES string of the molecule is CN(c1ccnc(Nc2ccnc(N3CCOCC3)c2)n1)c1cccc2[nH]ncc12. The van der Waals surface area contributed by atoms with Crippen LogP contribution in [0.15, 0.2) is 55.0 Å². The number of H-pyrrole nitrogens is 1. The molecule has 9 nitrogen and oxygen atoms in total. The molecule has 1 fully saturated rings. The van der Waals surface area contributed by atoms with Crippen molar-refractivity contribution in [2.24, 2.45) is 0 Å². The lowest BCUT2D eigenvalue weighted by atomic mass is 10.2. The van der Waals surface area contributed by atoms with Crippen LogP contribution in [0.1, 0.15) is 0 Å². The molecule has 0 amide bonds. The number of benzene rings is 1. The Kier molecular flexibility index (Phi) is 4.86. The number of hydrogen-bond donors (Lipinski definition) is 2. The first-order valence-corrected chi connectivity index (χ1v) is 9.82. The summed E-state index contributed by atoms with van der Waals surface area (Å²) >= 11 is 0. The molecular formula is C21H22N8O. The largest absolute Gasteiger partial charge is 0.378 e. The number of ether oxygens (including phenoxy) is 1. The van der Waals surface area contributed by atoms with Crippen molar-refractivity contribution in [3.05, 3.63) is 55.0 Å². The van der Waals surface area contributed by atoms with E-state index in [4.69, 9.17) is 9.72 Å². The van der Waals surface area contributed by atoms with Gasteiger partial charge in [-0.25, -0.2) is 9.97 Å². The normalized spacial score (nSPS) is 14.1. The van der Waals surface area contributed by atoms with Gasteiger partial charge in [-0.15, -0.1) is 0 Å². The number of rotatable bonds is 5. The van der Waals surface area contributed by atoms with Crippen molar-refractivity contribution in [3.63, 3.8) is 0 Å². The minimum Gasteiger partial charge on any atom is -0.378 e. The van der Waals surface area contributed by atoms with Gasteiger partial charge in [0.05, 0.1) is 30.6 Å². The lowest BCUT2D eigenvalue weighted by molar-refractivity contribution is 0.122. The van der Waals surface area contributed by atoms with Crippen molar-refractivity contribution in [1.29, 1.82) is 0 Å². The molecule has 0 unspecified atom stereocenters. The molecule has 4 aromatic rings. The highest BCUT2D eigenvalue weighted by atomic mass is 16.5. The number of fused-ring (bicyclic) bond motifs is 1. The fourth-order valence-electron chi connectivity index (χ4n) is 3.56.